The number of benzene rings is 1. The van der Waals surface area contributed by atoms with Gasteiger partial charge in [-0.15, -0.1) is 0 Å². The SMILES string of the molecule is Cc1ccc(C(N)C(C)O)c(Cl)c1. The molecule has 13 heavy (non-hydrogen) atoms. The third-order valence-electron chi connectivity index (χ3n) is 2.03. The summed E-state index contributed by atoms with van der Waals surface area (Å²) in [6.45, 7) is 3.62. The van der Waals surface area contributed by atoms with Gasteiger partial charge in [0, 0.05) is 5.02 Å². The molecule has 0 spiro atoms. The first-order valence-electron chi connectivity index (χ1n) is 4.22. The van der Waals surface area contributed by atoms with Gasteiger partial charge in [0.15, 0.2) is 0 Å². The summed E-state index contributed by atoms with van der Waals surface area (Å²) in [4.78, 5) is 0. The zero-order valence-corrected chi connectivity index (χ0v) is 8.55. The summed E-state index contributed by atoms with van der Waals surface area (Å²) in [7, 11) is 0. The van der Waals surface area contributed by atoms with Gasteiger partial charge in [0.2, 0.25) is 0 Å². The molecule has 2 atom stereocenters. The lowest BCUT2D eigenvalue weighted by Crippen LogP contribution is -2.23. The van der Waals surface area contributed by atoms with Gasteiger partial charge in [-0.3, -0.25) is 0 Å². The van der Waals surface area contributed by atoms with E-state index in [1.807, 2.05) is 25.1 Å². The molecule has 72 valence electrons. The minimum absolute atomic E-state index is 0.409. The second-order valence-electron chi connectivity index (χ2n) is 3.29. The normalized spacial score (nSPS) is 15.5. The van der Waals surface area contributed by atoms with Crippen molar-refractivity contribution >= 4 is 11.6 Å². The first kappa shape index (κ1) is 10.5. The molecule has 1 rings (SSSR count). The number of aliphatic hydroxyl groups is 1. The minimum atomic E-state index is -0.583. The number of rotatable bonds is 2. The summed E-state index contributed by atoms with van der Waals surface area (Å²) in [5.41, 5.74) is 7.64. The molecule has 0 amide bonds. The van der Waals surface area contributed by atoms with E-state index in [2.05, 4.69) is 0 Å². The Morgan fingerprint density at radius 1 is 1.46 bits per heavy atom. The van der Waals surface area contributed by atoms with Crippen LogP contribution >= 0.6 is 11.6 Å². The van der Waals surface area contributed by atoms with Crippen LogP contribution in [0.5, 0.6) is 0 Å². The molecular formula is C10H14ClNO. The van der Waals surface area contributed by atoms with Crippen LogP contribution in [0.15, 0.2) is 18.2 Å². The van der Waals surface area contributed by atoms with Gasteiger partial charge < -0.3 is 10.8 Å². The highest BCUT2D eigenvalue weighted by molar-refractivity contribution is 6.31. The first-order valence-corrected chi connectivity index (χ1v) is 4.60. The predicted octanol–water partition coefficient (Wildman–Crippen LogP) is 2.03. The number of nitrogens with two attached hydrogens (primary N) is 1. The highest BCUT2D eigenvalue weighted by atomic mass is 35.5. The molecule has 0 aromatic heterocycles. The Labute approximate surface area is 83.3 Å². The Kier molecular flexibility index (Phi) is 3.31. The summed E-state index contributed by atoms with van der Waals surface area (Å²) in [6.07, 6.45) is -0.583. The Balaban J connectivity index is 3.01. The highest BCUT2D eigenvalue weighted by Crippen LogP contribution is 2.24. The quantitative estimate of drug-likeness (QED) is 0.766. The standard InChI is InChI=1S/C10H14ClNO/c1-6-3-4-8(9(11)5-6)10(12)7(2)13/h3-5,7,10,13H,12H2,1-2H3. The van der Waals surface area contributed by atoms with Crippen LogP contribution in [0.4, 0.5) is 0 Å². The van der Waals surface area contributed by atoms with E-state index in [1.54, 1.807) is 6.92 Å². The Hall–Kier alpha value is -0.570. The van der Waals surface area contributed by atoms with Crippen LogP contribution in [-0.2, 0) is 0 Å². The van der Waals surface area contributed by atoms with Gasteiger partial charge in [0.05, 0.1) is 12.1 Å². The smallest absolute Gasteiger partial charge is 0.0705 e. The maximum Gasteiger partial charge on any atom is 0.0705 e. The minimum Gasteiger partial charge on any atom is -0.391 e. The fourth-order valence-electron chi connectivity index (χ4n) is 1.16. The molecule has 0 aliphatic carbocycles. The third-order valence-corrected chi connectivity index (χ3v) is 2.36. The average molecular weight is 200 g/mol. The van der Waals surface area contributed by atoms with Crippen molar-refractivity contribution < 1.29 is 5.11 Å². The molecule has 0 saturated carbocycles. The van der Waals surface area contributed by atoms with Gasteiger partial charge in [0.1, 0.15) is 0 Å². The first-order chi connectivity index (χ1) is 6.02. The van der Waals surface area contributed by atoms with Crippen LogP contribution in [-0.4, -0.2) is 11.2 Å². The summed E-state index contributed by atoms with van der Waals surface area (Å²) in [5.74, 6) is 0. The third kappa shape index (κ3) is 2.44. The predicted molar refractivity (Wildman–Crippen MR) is 54.8 cm³/mol. The molecule has 0 bridgehead atoms. The Bertz CT molecular complexity index is 299. The molecule has 0 aliphatic rings. The largest absolute Gasteiger partial charge is 0.391 e. The highest BCUT2D eigenvalue weighted by Gasteiger charge is 2.14. The number of aryl methyl sites for hydroxylation is 1. The molecule has 0 fully saturated rings. The van der Waals surface area contributed by atoms with Gasteiger partial charge in [0.25, 0.3) is 0 Å². The van der Waals surface area contributed by atoms with Crippen molar-refractivity contribution in [1.82, 2.24) is 0 Å². The van der Waals surface area contributed by atoms with E-state index in [0.29, 0.717) is 5.02 Å². The van der Waals surface area contributed by atoms with E-state index in [-0.39, 0.29) is 0 Å². The molecule has 0 saturated heterocycles. The van der Waals surface area contributed by atoms with E-state index in [4.69, 9.17) is 17.3 Å². The molecule has 3 N–H and O–H groups in total. The zero-order chi connectivity index (χ0) is 10.0. The van der Waals surface area contributed by atoms with Crippen molar-refractivity contribution in [2.75, 3.05) is 0 Å². The Morgan fingerprint density at radius 2 is 2.08 bits per heavy atom. The Morgan fingerprint density at radius 3 is 2.54 bits per heavy atom. The van der Waals surface area contributed by atoms with Crippen molar-refractivity contribution in [3.63, 3.8) is 0 Å². The van der Waals surface area contributed by atoms with Crippen LogP contribution < -0.4 is 5.73 Å². The molecule has 0 radical (unpaired) electrons. The second-order valence-corrected chi connectivity index (χ2v) is 3.70. The van der Waals surface area contributed by atoms with Gasteiger partial charge in [-0.1, -0.05) is 23.7 Å². The van der Waals surface area contributed by atoms with E-state index in [9.17, 15) is 5.11 Å². The topological polar surface area (TPSA) is 46.2 Å². The monoisotopic (exact) mass is 199 g/mol. The van der Waals surface area contributed by atoms with Gasteiger partial charge in [-0.05, 0) is 31.0 Å². The lowest BCUT2D eigenvalue weighted by atomic mass is 10.0. The number of halogens is 1. The van der Waals surface area contributed by atoms with Gasteiger partial charge >= 0.3 is 0 Å². The van der Waals surface area contributed by atoms with Gasteiger partial charge in [-0.25, -0.2) is 0 Å². The molecule has 0 aliphatic heterocycles. The van der Waals surface area contributed by atoms with Crippen LogP contribution in [0, 0.1) is 6.92 Å². The number of hydrogen-bond acceptors (Lipinski definition) is 2. The maximum absolute atomic E-state index is 9.28. The summed E-state index contributed by atoms with van der Waals surface area (Å²) in [6, 6.07) is 5.23. The second kappa shape index (κ2) is 4.09. The molecule has 1 aromatic rings. The number of aliphatic hydroxyl groups excluding tert-OH is 1. The van der Waals surface area contributed by atoms with Crippen molar-refractivity contribution in [3.05, 3.63) is 34.3 Å². The van der Waals surface area contributed by atoms with Crippen LogP contribution in [0.25, 0.3) is 0 Å². The lowest BCUT2D eigenvalue weighted by Gasteiger charge is -2.16. The van der Waals surface area contributed by atoms with E-state index in [0.717, 1.165) is 11.1 Å². The van der Waals surface area contributed by atoms with Gasteiger partial charge in [-0.2, -0.15) is 0 Å². The summed E-state index contributed by atoms with van der Waals surface area (Å²) < 4.78 is 0. The van der Waals surface area contributed by atoms with Crippen molar-refractivity contribution in [2.45, 2.75) is 26.0 Å². The fraction of sp³-hybridized carbons (Fsp3) is 0.400. The average Bonchev–Trinajstić information content (AvgIpc) is 2.03. The van der Waals surface area contributed by atoms with Crippen molar-refractivity contribution in [1.29, 1.82) is 0 Å². The van der Waals surface area contributed by atoms with Crippen LogP contribution in [0.1, 0.15) is 24.1 Å². The summed E-state index contributed by atoms with van der Waals surface area (Å²) in [5, 5.41) is 9.90. The molecule has 0 heterocycles. The van der Waals surface area contributed by atoms with Crippen LogP contribution in [0.2, 0.25) is 5.02 Å². The zero-order valence-electron chi connectivity index (χ0n) is 7.79. The molecule has 3 heteroatoms. The molecule has 2 nitrogen and oxygen atoms in total. The number of hydrogen-bond donors (Lipinski definition) is 2. The fourth-order valence-corrected chi connectivity index (χ4v) is 1.52. The van der Waals surface area contributed by atoms with Crippen LogP contribution in [0.3, 0.4) is 0 Å². The molecular weight excluding hydrogens is 186 g/mol. The maximum atomic E-state index is 9.28. The van der Waals surface area contributed by atoms with E-state index >= 15 is 0 Å². The van der Waals surface area contributed by atoms with Crippen molar-refractivity contribution in [3.8, 4) is 0 Å². The molecule has 1 aromatic carbocycles. The summed E-state index contributed by atoms with van der Waals surface area (Å²) >= 11 is 5.98. The van der Waals surface area contributed by atoms with E-state index < -0.39 is 12.1 Å². The van der Waals surface area contributed by atoms with Crippen molar-refractivity contribution in [2.24, 2.45) is 5.73 Å². The van der Waals surface area contributed by atoms with E-state index in [1.165, 1.54) is 0 Å². The molecule has 2 unspecified atom stereocenters. The lowest BCUT2D eigenvalue weighted by molar-refractivity contribution is 0.164.